The summed E-state index contributed by atoms with van der Waals surface area (Å²) < 4.78 is 4.96. The summed E-state index contributed by atoms with van der Waals surface area (Å²) in [5.74, 6) is 0.633. The molecule has 1 heterocycles. The Hall–Kier alpha value is -0.570. The van der Waals surface area contributed by atoms with Crippen molar-refractivity contribution in [1.82, 2.24) is 0 Å². The van der Waals surface area contributed by atoms with Crippen LogP contribution in [0.2, 0.25) is 0 Å². The van der Waals surface area contributed by atoms with Gasteiger partial charge in [-0.1, -0.05) is 6.92 Å². The lowest BCUT2D eigenvalue weighted by Crippen LogP contribution is -2.93. The van der Waals surface area contributed by atoms with E-state index in [1.54, 1.807) is 0 Å². The predicted octanol–water partition coefficient (Wildman–Crippen LogP) is -0.0886. The van der Waals surface area contributed by atoms with Crippen molar-refractivity contribution in [3.05, 3.63) is 0 Å². The van der Waals surface area contributed by atoms with Crippen molar-refractivity contribution in [3.8, 4) is 0 Å². The van der Waals surface area contributed by atoms with E-state index >= 15 is 0 Å². The van der Waals surface area contributed by atoms with E-state index in [1.807, 2.05) is 6.92 Å². The first-order valence-electron chi connectivity index (χ1n) is 4.74. The molecule has 0 bridgehead atoms. The molecule has 0 amide bonds. The quantitative estimate of drug-likeness (QED) is 0.592. The molecule has 0 spiro atoms. The maximum atomic E-state index is 11.3. The van der Waals surface area contributed by atoms with Gasteiger partial charge in [0.2, 0.25) is 0 Å². The van der Waals surface area contributed by atoms with Crippen LogP contribution < -0.4 is 5.32 Å². The summed E-state index contributed by atoms with van der Waals surface area (Å²) >= 11 is 0. The molecule has 1 rings (SSSR count). The zero-order valence-corrected chi connectivity index (χ0v) is 7.88. The van der Waals surface area contributed by atoms with E-state index in [0.29, 0.717) is 12.5 Å². The highest BCUT2D eigenvalue weighted by atomic mass is 16.5. The number of quaternary nitrogens is 1. The van der Waals surface area contributed by atoms with Crippen LogP contribution in [0.15, 0.2) is 0 Å². The fraction of sp³-hybridized carbons (Fsp3) is 0.889. The van der Waals surface area contributed by atoms with E-state index in [0.717, 1.165) is 13.0 Å². The monoisotopic (exact) mass is 172 g/mol. The van der Waals surface area contributed by atoms with Crippen molar-refractivity contribution in [2.75, 3.05) is 13.2 Å². The number of hydrogen-bond donors (Lipinski definition) is 1. The number of nitrogens with two attached hydrogens (primary N) is 1. The highest BCUT2D eigenvalue weighted by molar-refractivity contribution is 5.74. The number of rotatable bonds is 2. The van der Waals surface area contributed by atoms with Gasteiger partial charge in [0, 0.05) is 6.42 Å². The Kier molecular flexibility index (Phi) is 3.53. The molecule has 0 aromatic heterocycles. The van der Waals surface area contributed by atoms with Gasteiger partial charge in [0.15, 0.2) is 6.04 Å². The van der Waals surface area contributed by atoms with Crippen LogP contribution in [0.1, 0.15) is 26.7 Å². The molecule has 1 aliphatic heterocycles. The molecule has 0 aliphatic carbocycles. The summed E-state index contributed by atoms with van der Waals surface area (Å²) in [4.78, 5) is 11.3. The maximum Gasteiger partial charge on any atom is 0.364 e. The lowest BCUT2D eigenvalue weighted by Gasteiger charge is -2.23. The molecule has 0 saturated carbocycles. The first-order chi connectivity index (χ1) is 5.74. The molecule has 1 aliphatic rings. The Labute approximate surface area is 73.5 Å². The third-order valence-corrected chi connectivity index (χ3v) is 2.36. The molecule has 0 aromatic rings. The lowest BCUT2D eigenvalue weighted by molar-refractivity contribution is -0.688. The van der Waals surface area contributed by atoms with Gasteiger partial charge in [0.05, 0.1) is 13.2 Å². The molecule has 2 atom stereocenters. The van der Waals surface area contributed by atoms with Crippen molar-refractivity contribution < 1.29 is 14.8 Å². The van der Waals surface area contributed by atoms with Gasteiger partial charge in [-0.05, 0) is 19.3 Å². The van der Waals surface area contributed by atoms with E-state index in [9.17, 15) is 4.79 Å². The number of ether oxygens (including phenoxy) is 1. The SMILES string of the molecule is CCOC(=O)[C@H]1C[C@H](C)CC[NH2+]1. The van der Waals surface area contributed by atoms with Gasteiger partial charge in [-0.3, -0.25) is 0 Å². The number of carbonyl (C=O) groups is 1. The fourth-order valence-electron chi connectivity index (χ4n) is 1.67. The van der Waals surface area contributed by atoms with E-state index in [-0.39, 0.29) is 12.0 Å². The summed E-state index contributed by atoms with van der Waals surface area (Å²) in [5.41, 5.74) is 0. The molecular weight excluding hydrogens is 154 g/mol. The van der Waals surface area contributed by atoms with E-state index in [2.05, 4.69) is 12.2 Å². The first kappa shape index (κ1) is 9.52. The molecule has 3 heteroatoms. The Balaban J connectivity index is 2.35. The second-order valence-corrected chi connectivity index (χ2v) is 3.51. The van der Waals surface area contributed by atoms with Crippen LogP contribution in [0, 0.1) is 5.92 Å². The number of hydrogen-bond acceptors (Lipinski definition) is 2. The van der Waals surface area contributed by atoms with Crippen molar-refractivity contribution in [3.63, 3.8) is 0 Å². The molecule has 1 saturated heterocycles. The molecular formula is C9H18NO2+. The maximum absolute atomic E-state index is 11.3. The molecule has 2 N–H and O–H groups in total. The third-order valence-electron chi connectivity index (χ3n) is 2.36. The van der Waals surface area contributed by atoms with Gasteiger partial charge in [0.25, 0.3) is 0 Å². The van der Waals surface area contributed by atoms with Crippen LogP contribution in [0.25, 0.3) is 0 Å². The zero-order valence-electron chi connectivity index (χ0n) is 7.88. The highest BCUT2D eigenvalue weighted by Gasteiger charge is 2.28. The molecule has 3 nitrogen and oxygen atoms in total. The molecule has 0 unspecified atom stereocenters. The largest absolute Gasteiger partial charge is 0.462 e. The topological polar surface area (TPSA) is 42.9 Å². The van der Waals surface area contributed by atoms with E-state index in [1.165, 1.54) is 6.42 Å². The van der Waals surface area contributed by atoms with Crippen LogP contribution in [-0.4, -0.2) is 25.2 Å². The normalized spacial score (nSPS) is 29.8. The minimum atomic E-state index is -0.0379. The highest BCUT2D eigenvalue weighted by Crippen LogP contribution is 2.11. The number of esters is 1. The standard InChI is InChI=1S/C9H17NO2/c1-3-12-9(11)8-6-7(2)4-5-10-8/h7-8,10H,3-6H2,1-2H3/p+1/t7-,8-/m1/s1. The smallest absolute Gasteiger partial charge is 0.364 e. The fourth-order valence-corrected chi connectivity index (χ4v) is 1.67. The summed E-state index contributed by atoms with van der Waals surface area (Å²) in [5, 5.41) is 2.10. The molecule has 1 fully saturated rings. The summed E-state index contributed by atoms with van der Waals surface area (Å²) in [7, 11) is 0. The summed E-state index contributed by atoms with van der Waals surface area (Å²) in [6.45, 7) is 5.60. The van der Waals surface area contributed by atoms with Gasteiger partial charge >= 0.3 is 5.97 Å². The molecule has 0 radical (unpaired) electrons. The van der Waals surface area contributed by atoms with Crippen LogP contribution in [0.3, 0.4) is 0 Å². The minimum absolute atomic E-state index is 0.0379. The van der Waals surface area contributed by atoms with Crippen LogP contribution in [-0.2, 0) is 9.53 Å². The second-order valence-electron chi connectivity index (χ2n) is 3.51. The van der Waals surface area contributed by atoms with Gasteiger partial charge in [-0.15, -0.1) is 0 Å². The minimum Gasteiger partial charge on any atom is -0.462 e. The van der Waals surface area contributed by atoms with Crippen molar-refractivity contribution in [2.45, 2.75) is 32.7 Å². The summed E-state index contributed by atoms with van der Waals surface area (Å²) in [6, 6.07) is 0.0636. The van der Waals surface area contributed by atoms with Gasteiger partial charge in [-0.2, -0.15) is 0 Å². The Morgan fingerprint density at radius 3 is 3.00 bits per heavy atom. The average molecular weight is 172 g/mol. The van der Waals surface area contributed by atoms with Crippen LogP contribution >= 0.6 is 0 Å². The van der Waals surface area contributed by atoms with Crippen LogP contribution in [0.5, 0.6) is 0 Å². The Morgan fingerprint density at radius 2 is 2.42 bits per heavy atom. The third kappa shape index (κ3) is 2.48. The molecule has 0 aromatic carbocycles. The average Bonchev–Trinajstić information content (AvgIpc) is 2.05. The molecule has 12 heavy (non-hydrogen) atoms. The summed E-state index contributed by atoms with van der Waals surface area (Å²) in [6.07, 6.45) is 2.19. The number of carbonyl (C=O) groups excluding carboxylic acids is 1. The second kappa shape index (κ2) is 4.45. The van der Waals surface area contributed by atoms with Gasteiger partial charge < -0.3 is 10.1 Å². The molecule has 70 valence electrons. The van der Waals surface area contributed by atoms with Crippen molar-refractivity contribution in [2.24, 2.45) is 5.92 Å². The van der Waals surface area contributed by atoms with Crippen molar-refractivity contribution in [1.29, 1.82) is 0 Å². The lowest BCUT2D eigenvalue weighted by atomic mass is 9.94. The Bertz CT molecular complexity index is 159. The van der Waals surface area contributed by atoms with E-state index < -0.39 is 0 Å². The van der Waals surface area contributed by atoms with Crippen molar-refractivity contribution >= 4 is 5.97 Å². The van der Waals surface area contributed by atoms with Gasteiger partial charge in [-0.25, -0.2) is 4.79 Å². The first-order valence-corrected chi connectivity index (χ1v) is 4.74. The zero-order chi connectivity index (χ0) is 8.97. The Morgan fingerprint density at radius 1 is 1.67 bits per heavy atom. The predicted molar refractivity (Wildman–Crippen MR) is 45.6 cm³/mol. The number of piperidine rings is 1. The van der Waals surface area contributed by atoms with E-state index in [4.69, 9.17) is 4.74 Å². The van der Waals surface area contributed by atoms with Gasteiger partial charge in [0.1, 0.15) is 0 Å². The van der Waals surface area contributed by atoms with Crippen LogP contribution in [0.4, 0.5) is 0 Å².